The number of rotatable bonds is 5. The van der Waals surface area contributed by atoms with Gasteiger partial charge in [-0.15, -0.1) is 0 Å². The SMILES string of the molecule is O=C(C1CCCCC1)N1CCC(NS(=O)(=O)Cc2ccccc2Cl)C1. The van der Waals surface area contributed by atoms with Crippen LogP contribution in [0.25, 0.3) is 0 Å². The molecule has 0 spiro atoms. The lowest BCUT2D eigenvalue weighted by atomic mass is 9.88. The van der Waals surface area contributed by atoms with E-state index in [0.717, 1.165) is 25.7 Å². The van der Waals surface area contributed by atoms with Crippen molar-refractivity contribution in [3.05, 3.63) is 34.9 Å². The van der Waals surface area contributed by atoms with Crippen molar-refractivity contribution in [3.8, 4) is 0 Å². The molecule has 0 aromatic heterocycles. The van der Waals surface area contributed by atoms with Gasteiger partial charge in [0, 0.05) is 30.1 Å². The number of amides is 1. The van der Waals surface area contributed by atoms with E-state index in [1.54, 1.807) is 24.3 Å². The number of benzene rings is 1. The zero-order chi connectivity index (χ0) is 17.9. The summed E-state index contributed by atoms with van der Waals surface area (Å²) in [6, 6.07) is 6.75. The maximum atomic E-state index is 12.6. The van der Waals surface area contributed by atoms with E-state index in [9.17, 15) is 13.2 Å². The molecule has 1 saturated heterocycles. The van der Waals surface area contributed by atoms with Gasteiger partial charge in [0.2, 0.25) is 15.9 Å². The van der Waals surface area contributed by atoms with Crippen molar-refractivity contribution < 1.29 is 13.2 Å². The first kappa shape index (κ1) is 18.7. The Morgan fingerprint density at radius 1 is 1.16 bits per heavy atom. The van der Waals surface area contributed by atoms with Crippen molar-refractivity contribution in [2.24, 2.45) is 5.92 Å². The van der Waals surface area contributed by atoms with E-state index in [1.165, 1.54) is 6.42 Å². The van der Waals surface area contributed by atoms with Crippen LogP contribution in [0.2, 0.25) is 5.02 Å². The van der Waals surface area contributed by atoms with Crippen LogP contribution >= 0.6 is 11.6 Å². The lowest BCUT2D eigenvalue weighted by molar-refractivity contribution is -0.135. The number of sulfonamides is 1. The summed E-state index contributed by atoms with van der Waals surface area (Å²) in [5.41, 5.74) is 0.588. The minimum atomic E-state index is -3.49. The molecule has 2 fully saturated rings. The molecule has 3 rings (SSSR count). The summed E-state index contributed by atoms with van der Waals surface area (Å²) in [7, 11) is -3.49. The summed E-state index contributed by atoms with van der Waals surface area (Å²) in [6.45, 7) is 1.10. The van der Waals surface area contributed by atoms with Gasteiger partial charge in [-0.3, -0.25) is 4.79 Å². The molecule has 7 heteroatoms. The van der Waals surface area contributed by atoms with Gasteiger partial charge in [0.05, 0.1) is 5.75 Å². The van der Waals surface area contributed by atoms with E-state index >= 15 is 0 Å². The minimum absolute atomic E-state index is 0.132. The van der Waals surface area contributed by atoms with Crippen molar-refractivity contribution in [3.63, 3.8) is 0 Å². The molecule has 1 unspecified atom stereocenters. The molecule has 2 aliphatic rings. The maximum absolute atomic E-state index is 12.6. The average molecular weight is 385 g/mol. The van der Waals surface area contributed by atoms with E-state index in [1.807, 2.05) is 4.90 Å². The van der Waals surface area contributed by atoms with Crippen molar-refractivity contribution in [2.75, 3.05) is 13.1 Å². The highest BCUT2D eigenvalue weighted by molar-refractivity contribution is 7.88. The number of nitrogens with one attached hydrogen (secondary N) is 1. The Morgan fingerprint density at radius 3 is 2.60 bits per heavy atom. The first-order chi connectivity index (χ1) is 11.9. The van der Waals surface area contributed by atoms with Gasteiger partial charge in [-0.05, 0) is 30.9 Å². The molecule has 1 heterocycles. The van der Waals surface area contributed by atoms with Crippen LogP contribution in [-0.2, 0) is 20.6 Å². The van der Waals surface area contributed by atoms with E-state index in [-0.39, 0.29) is 23.6 Å². The van der Waals surface area contributed by atoms with Gasteiger partial charge in [0.25, 0.3) is 0 Å². The van der Waals surface area contributed by atoms with Gasteiger partial charge in [-0.2, -0.15) is 0 Å². The van der Waals surface area contributed by atoms with Crippen LogP contribution in [0.1, 0.15) is 44.1 Å². The van der Waals surface area contributed by atoms with Crippen LogP contribution in [0.3, 0.4) is 0 Å². The molecule has 5 nitrogen and oxygen atoms in total. The van der Waals surface area contributed by atoms with Crippen LogP contribution in [0.15, 0.2) is 24.3 Å². The number of nitrogens with zero attached hydrogens (tertiary/aromatic N) is 1. The average Bonchev–Trinajstić information content (AvgIpc) is 3.04. The maximum Gasteiger partial charge on any atom is 0.225 e. The smallest absolute Gasteiger partial charge is 0.225 e. The van der Waals surface area contributed by atoms with Gasteiger partial charge in [-0.1, -0.05) is 49.1 Å². The molecule has 1 aromatic rings. The van der Waals surface area contributed by atoms with Gasteiger partial charge < -0.3 is 4.90 Å². The third-order valence-corrected chi connectivity index (χ3v) is 6.86. The first-order valence-electron chi connectivity index (χ1n) is 8.97. The van der Waals surface area contributed by atoms with E-state index in [0.29, 0.717) is 30.1 Å². The zero-order valence-electron chi connectivity index (χ0n) is 14.3. The first-order valence-corrected chi connectivity index (χ1v) is 11.0. The number of hydrogen-bond donors (Lipinski definition) is 1. The Labute approximate surface area is 154 Å². The second kappa shape index (κ2) is 8.06. The van der Waals surface area contributed by atoms with Gasteiger partial charge in [0.15, 0.2) is 0 Å². The van der Waals surface area contributed by atoms with Crippen LogP contribution in [0.4, 0.5) is 0 Å². The number of likely N-dealkylation sites (tertiary alicyclic amines) is 1. The second-order valence-corrected chi connectivity index (χ2v) is 9.23. The molecule has 1 aliphatic heterocycles. The van der Waals surface area contributed by atoms with Gasteiger partial charge >= 0.3 is 0 Å². The Bertz CT molecular complexity index is 717. The Balaban J connectivity index is 1.55. The monoisotopic (exact) mass is 384 g/mol. The standard InChI is InChI=1S/C18H25ClN2O3S/c19-17-9-5-4-8-15(17)13-25(23,24)20-16-10-11-21(12-16)18(22)14-6-2-1-3-7-14/h4-5,8-9,14,16,20H,1-3,6-7,10-13H2. The molecule has 1 aliphatic carbocycles. The topological polar surface area (TPSA) is 66.5 Å². The molecule has 1 atom stereocenters. The number of carbonyl (C=O) groups excluding carboxylic acids is 1. The summed E-state index contributed by atoms with van der Waals surface area (Å²) in [5.74, 6) is 0.194. The Hall–Kier alpha value is -1.11. The lowest BCUT2D eigenvalue weighted by Gasteiger charge is -2.26. The third kappa shape index (κ3) is 4.96. The van der Waals surface area contributed by atoms with Crippen molar-refractivity contribution >= 4 is 27.5 Å². The Kier molecular flexibility index (Phi) is 6.02. The fourth-order valence-corrected chi connectivity index (χ4v) is 5.51. The second-order valence-electron chi connectivity index (χ2n) is 7.07. The molecule has 1 saturated carbocycles. The molecule has 1 amide bonds. The Morgan fingerprint density at radius 2 is 1.88 bits per heavy atom. The summed E-state index contributed by atoms with van der Waals surface area (Å²) in [6.07, 6.45) is 6.07. The van der Waals surface area contributed by atoms with Crippen molar-refractivity contribution in [1.82, 2.24) is 9.62 Å². The number of halogens is 1. The summed E-state index contributed by atoms with van der Waals surface area (Å²) < 4.78 is 27.6. The van der Waals surface area contributed by atoms with E-state index < -0.39 is 10.0 Å². The minimum Gasteiger partial charge on any atom is -0.341 e. The van der Waals surface area contributed by atoms with E-state index in [4.69, 9.17) is 11.6 Å². The number of hydrogen-bond acceptors (Lipinski definition) is 3. The molecule has 1 aromatic carbocycles. The molecular formula is C18H25ClN2O3S. The normalized spacial score (nSPS) is 22.3. The molecule has 1 N–H and O–H groups in total. The molecule has 25 heavy (non-hydrogen) atoms. The van der Waals surface area contributed by atoms with Crippen molar-refractivity contribution in [1.29, 1.82) is 0 Å². The predicted octanol–water partition coefficient (Wildman–Crippen LogP) is 2.94. The molecule has 0 radical (unpaired) electrons. The highest BCUT2D eigenvalue weighted by Gasteiger charge is 2.33. The molecule has 138 valence electrons. The van der Waals surface area contributed by atoms with Gasteiger partial charge in [0.1, 0.15) is 0 Å². The van der Waals surface area contributed by atoms with Crippen LogP contribution < -0.4 is 4.72 Å². The summed E-state index contributed by atoms with van der Waals surface area (Å²) >= 11 is 6.05. The third-order valence-electron chi connectivity index (χ3n) is 5.10. The van der Waals surface area contributed by atoms with Crippen LogP contribution in [0.5, 0.6) is 0 Å². The van der Waals surface area contributed by atoms with Crippen molar-refractivity contribution in [2.45, 2.75) is 50.3 Å². The van der Waals surface area contributed by atoms with Gasteiger partial charge in [-0.25, -0.2) is 13.1 Å². The number of carbonyl (C=O) groups is 1. The van der Waals surface area contributed by atoms with Crippen LogP contribution in [0, 0.1) is 5.92 Å². The summed E-state index contributed by atoms with van der Waals surface area (Å²) in [4.78, 5) is 14.4. The highest BCUT2D eigenvalue weighted by Crippen LogP contribution is 2.27. The highest BCUT2D eigenvalue weighted by atomic mass is 35.5. The quantitative estimate of drug-likeness (QED) is 0.848. The lowest BCUT2D eigenvalue weighted by Crippen LogP contribution is -2.40. The fourth-order valence-electron chi connectivity index (χ4n) is 3.78. The van der Waals surface area contributed by atoms with Crippen LogP contribution in [-0.4, -0.2) is 38.4 Å². The zero-order valence-corrected chi connectivity index (χ0v) is 15.9. The molecular weight excluding hydrogens is 360 g/mol. The van der Waals surface area contributed by atoms with E-state index in [2.05, 4.69) is 4.72 Å². The molecule has 0 bridgehead atoms. The summed E-state index contributed by atoms with van der Waals surface area (Å²) in [5, 5.41) is 0.452. The predicted molar refractivity (Wildman–Crippen MR) is 98.8 cm³/mol. The largest absolute Gasteiger partial charge is 0.341 e. The fraction of sp³-hybridized carbons (Fsp3) is 0.611.